The molecule has 1 unspecified atom stereocenters. The number of nitrogens with one attached hydrogen (secondary N) is 1. The summed E-state index contributed by atoms with van der Waals surface area (Å²) >= 11 is 0. The quantitative estimate of drug-likeness (QED) is 0.920. The molecule has 1 heterocycles. The van der Waals surface area contributed by atoms with Gasteiger partial charge in [0.2, 0.25) is 10.0 Å². The Balaban J connectivity index is 1.58. The Morgan fingerprint density at radius 3 is 2.57 bits per heavy atom. The topological polar surface area (TPSA) is 64.6 Å². The van der Waals surface area contributed by atoms with Gasteiger partial charge in [0.25, 0.3) is 0 Å². The van der Waals surface area contributed by atoms with E-state index in [0.717, 1.165) is 37.8 Å². The van der Waals surface area contributed by atoms with Crippen molar-refractivity contribution in [2.75, 3.05) is 13.2 Å². The van der Waals surface area contributed by atoms with Gasteiger partial charge < -0.3 is 9.47 Å². The smallest absolute Gasteiger partial charge is 0.240 e. The minimum atomic E-state index is -3.65. The zero-order valence-electron chi connectivity index (χ0n) is 11.5. The minimum Gasteiger partial charge on any atom is -0.347 e. The third-order valence-electron chi connectivity index (χ3n) is 3.90. The van der Waals surface area contributed by atoms with E-state index in [4.69, 9.17) is 9.47 Å². The van der Waals surface area contributed by atoms with Crippen LogP contribution < -0.4 is 4.72 Å². The standard InChI is InChI=1S/C14H18FNO4S/c15-11-3-5-13(6-4-11)21(17,18)16-9-12-10-19-14(20-12)7-1-2-8-14/h3-6,12,16H,1-2,7-10H2. The van der Waals surface area contributed by atoms with Crippen molar-refractivity contribution in [2.45, 2.75) is 42.5 Å². The van der Waals surface area contributed by atoms with Crippen LogP contribution >= 0.6 is 0 Å². The summed E-state index contributed by atoms with van der Waals surface area (Å²) in [5.74, 6) is -0.962. The fourth-order valence-corrected chi connectivity index (χ4v) is 3.86. The van der Waals surface area contributed by atoms with Gasteiger partial charge in [0.1, 0.15) is 5.82 Å². The average molecular weight is 315 g/mol. The molecule has 0 aromatic heterocycles. The lowest BCUT2D eigenvalue weighted by atomic mass is 10.2. The lowest BCUT2D eigenvalue weighted by Gasteiger charge is -2.21. The molecule has 116 valence electrons. The molecule has 0 amide bonds. The molecule has 7 heteroatoms. The van der Waals surface area contributed by atoms with E-state index in [1.807, 2.05) is 0 Å². The van der Waals surface area contributed by atoms with E-state index < -0.39 is 21.6 Å². The predicted octanol–water partition coefficient (Wildman–Crippen LogP) is 1.79. The molecule has 1 saturated heterocycles. The molecule has 5 nitrogen and oxygen atoms in total. The van der Waals surface area contributed by atoms with Gasteiger partial charge >= 0.3 is 0 Å². The summed E-state index contributed by atoms with van der Waals surface area (Å²) in [6.45, 7) is 0.549. The number of benzene rings is 1. The Kier molecular flexibility index (Phi) is 4.00. The van der Waals surface area contributed by atoms with Crippen molar-refractivity contribution in [3.05, 3.63) is 30.1 Å². The van der Waals surface area contributed by atoms with Crippen molar-refractivity contribution in [3.63, 3.8) is 0 Å². The van der Waals surface area contributed by atoms with Gasteiger partial charge in [0.15, 0.2) is 5.79 Å². The van der Waals surface area contributed by atoms with Crippen LogP contribution in [0.3, 0.4) is 0 Å². The van der Waals surface area contributed by atoms with E-state index in [0.29, 0.717) is 6.61 Å². The van der Waals surface area contributed by atoms with Gasteiger partial charge in [-0.1, -0.05) is 0 Å². The second kappa shape index (κ2) is 5.64. The first-order valence-corrected chi connectivity index (χ1v) is 8.54. The summed E-state index contributed by atoms with van der Waals surface area (Å²) in [5.41, 5.74) is 0. The minimum absolute atomic E-state index is 0.0402. The van der Waals surface area contributed by atoms with E-state index in [1.165, 1.54) is 12.1 Å². The lowest BCUT2D eigenvalue weighted by molar-refractivity contribution is -0.160. The van der Waals surface area contributed by atoms with Gasteiger partial charge in [-0.3, -0.25) is 0 Å². The molecule has 3 rings (SSSR count). The summed E-state index contributed by atoms with van der Waals surface area (Å²) in [7, 11) is -3.65. The van der Waals surface area contributed by atoms with Crippen molar-refractivity contribution in [1.29, 1.82) is 0 Å². The fraction of sp³-hybridized carbons (Fsp3) is 0.571. The van der Waals surface area contributed by atoms with Crippen LogP contribution in [0.4, 0.5) is 4.39 Å². The highest BCUT2D eigenvalue weighted by atomic mass is 32.2. The highest BCUT2D eigenvalue weighted by molar-refractivity contribution is 7.89. The molecule has 1 saturated carbocycles. The van der Waals surface area contributed by atoms with E-state index in [9.17, 15) is 12.8 Å². The second-order valence-electron chi connectivity index (χ2n) is 5.47. The maximum atomic E-state index is 12.8. The number of ether oxygens (including phenoxy) is 2. The number of hydrogen-bond donors (Lipinski definition) is 1. The molecule has 21 heavy (non-hydrogen) atoms. The average Bonchev–Trinajstić information content (AvgIpc) is 3.08. The van der Waals surface area contributed by atoms with E-state index in [2.05, 4.69) is 4.72 Å². The highest BCUT2D eigenvalue weighted by Gasteiger charge is 2.43. The van der Waals surface area contributed by atoms with Crippen LogP contribution in [0.2, 0.25) is 0 Å². The number of hydrogen-bond acceptors (Lipinski definition) is 4. The lowest BCUT2D eigenvalue weighted by Crippen LogP contribution is -2.35. The maximum Gasteiger partial charge on any atom is 0.240 e. The summed E-state index contributed by atoms with van der Waals surface area (Å²) in [5, 5.41) is 0. The van der Waals surface area contributed by atoms with Crippen LogP contribution in [0.1, 0.15) is 25.7 Å². The van der Waals surface area contributed by atoms with E-state index in [-0.39, 0.29) is 17.5 Å². The van der Waals surface area contributed by atoms with E-state index in [1.54, 1.807) is 0 Å². The Bertz CT molecular complexity index is 596. The summed E-state index contributed by atoms with van der Waals surface area (Å²) in [6, 6.07) is 4.72. The Morgan fingerprint density at radius 1 is 1.24 bits per heavy atom. The molecule has 1 spiro atoms. The predicted molar refractivity (Wildman–Crippen MR) is 73.6 cm³/mol. The first-order chi connectivity index (χ1) is 9.99. The highest BCUT2D eigenvalue weighted by Crippen LogP contribution is 2.39. The normalized spacial score (nSPS) is 24.7. The van der Waals surface area contributed by atoms with Crippen LogP contribution in [0.15, 0.2) is 29.2 Å². The third-order valence-corrected chi connectivity index (χ3v) is 5.34. The molecule has 1 N–H and O–H groups in total. The van der Waals surface area contributed by atoms with Crippen molar-refractivity contribution in [1.82, 2.24) is 4.72 Å². The van der Waals surface area contributed by atoms with Crippen molar-refractivity contribution >= 4 is 10.0 Å². The second-order valence-corrected chi connectivity index (χ2v) is 7.24. The molecule has 2 aliphatic rings. The Labute approximate surface area is 123 Å². The first-order valence-electron chi connectivity index (χ1n) is 7.06. The summed E-state index contributed by atoms with van der Waals surface area (Å²) < 4.78 is 51.0. The molecule has 1 aliphatic heterocycles. The molecule has 1 aliphatic carbocycles. The maximum absolute atomic E-state index is 12.8. The molecule has 1 atom stereocenters. The van der Waals surface area contributed by atoms with Gasteiger partial charge in [-0.05, 0) is 37.1 Å². The zero-order chi connectivity index (χ0) is 14.9. The van der Waals surface area contributed by atoms with Crippen LogP contribution in [-0.4, -0.2) is 33.5 Å². The number of sulfonamides is 1. The van der Waals surface area contributed by atoms with Crippen molar-refractivity contribution < 1.29 is 22.3 Å². The largest absolute Gasteiger partial charge is 0.347 e. The monoisotopic (exact) mass is 315 g/mol. The Hall–Kier alpha value is -1.02. The molecule has 2 fully saturated rings. The molecule has 1 aromatic rings. The van der Waals surface area contributed by atoms with Gasteiger partial charge in [-0.25, -0.2) is 17.5 Å². The van der Waals surface area contributed by atoms with Gasteiger partial charge in [-0.15, -0.1) is 0 Å². The number of halogens is 1. The van der Waals surface area contributed by atoms with Gasteiger partial charge in [-0.2, -0.15) is 0 Å². The molecule has 0 bridgehead atoms. The number of rotatable bonds is 4. The van der Waals surface area contributed by atoms with Crippen LogP contribution in [0.25, 0.3) is 0 Å². The van der Waals surface area contributed by atoms with Crippen LogP contribution in [-0.2, 0) is 19.5 Å². The van der Waals surface area contributed by atoms with Crippen molar-refractivity contribution in [3.8, 4) is 0 Å². The van der Waals surface area contributed by atoms with Crippen molar-refractivity contribution in [2.24, 2.45) is 0 Å². The van der Waals surface area contributed by atoms with Crippen LogP contribution in [0, 0.1) is 5.82 Å². The fourth-order valence-electron chi connectivity index (χ4n) is 2.79. The third kappa shape index (κ3) is 3.26. The summed E-state index contributed by atoms with van der Waals surface area (Å²) in [4.78, 5) is 0.0402. The van der Waals surface area contributed by atoms with E-state index >= 15 is 0 Å². The summed E-state index contributed by atoms with van der Waals surface area (Å²) in [6.07, 6.45) is 3.61. The van der Waals surface area contributed by atoms with Gasteiger partial charge in [0.05, 0.1) is 17.6 Å². The first kappa shape index (κ1) is 14.9. The zero-order valence-corrected chi connectivity index (χ0v) is 12.4. The SMILES string of the molecule is O=S(=O)(NCC1COC2(CCCC2)O1)c1ccc(F)cc1. The molecule has 1 aromatic carbocycles. The molecule has 0 radical (unpaired) electrons. The van der Waals surface area contributed by atoms with Crippen LogP contribution in [0.5, 0.6) is 0 Å². The van der Waals surface area contributed by atoms with Gasteiger partial charge in [0, 0.05) is 19.4 Å². The molecular formula is C14H18FNO4S. The molecular weight excluding hydrogens is 297 g/mol. The Morgan fingerprint density at radius 2 is 1.90 bits per heavy atom.